The number of urea groups is 1. The molecule has 0 saturated heterocycles. The third-order valence-corrected chi connectivity index (χ3v) is 3.07. The molecular formula is C12H16BrN3O3. The lowest BCUT2D eigenvalue weighted by Gasteiger charge is -2.25. The Bertz CT molecular complexity index is 477. The van der Waals surface area contributed by atoms with E-state index in [9.17, 15) is 9.59 Å². The van der Waals surface area contributed by atoms with Crippen LogP contribution in [0.4, 0.5) is 10.5 Å². The van der Waals surface area contributed by atoms with Crippen LogP contribution in [0.1, 0.15) is 26.7 Å². The highest BCUT2D eigenvalue weighted by atomic mass is 79.9. The lowest BCUT2D eigenvalue weighted by atomic mass is 9.99. The Morgan fingerprint density at radius 2 is 2.16 bits per heavy atom. The topological polar surface area (TPSA) is 91.3 Å². The Morgan fingerprint density at radius 3 is 2.74 bits per heavy atom. The average molecular weight is 330 g/mol. The van der Waals surface area contributed by atoms with Crippen molar-refractivity contribution >= 4 is 33.6 Å². The number of hydrogen-bond acceptors (Lipinski definition) is 3. The third kappa shape index (κ3) is 5.69. The highest BCUT2D eigenvalue weighted by molar-refractivity contribution is 9.10. The first-order chi connectivity index (χ1) is 8.80. The summed E-state index contributed by atoms with van der Waals surface area (Å²) in [6.07, 6.45) is 3.50. The fourth-order valence-electron chi connectivity index (χ4n) is 1.42. The van der Waals surface area contributed by atoms with Crippen LogP contribution >= 0.6 is 15.9 Å². The SMILES string of the molecule is CC(C)(CCC(=O)O)NC(=O)Nc1ccncc1Br. The number of carbonyl (C=O) groups excluding carboxylic acids is 1. The number of carbonyl (C=O) groups is 2. The van der Waals surface area contributed by atoms with Gasteiger partial charge in [0.05, 0.1) is 10.2 Å². The second-order valence-corrected chi connectivity index (χ2v) is 5.57. The van der Waals surface area contributed by atoms with Gasteiger partial charge in [0.1, 0.15) is 0 Å². The first-order valence-corrected chi connectivity index (χ1v) is 6.50. The molecule has 0 aliphatic heterocycles. The molecule has 1 aromatic heterocycles. The predicted molar refractivity (Wildman–Crippen MR) is 75.0 cm³/mol. The van der Waals surface area contributed by atoms with Crippen LogP contribution in [0, 0.1) is 0 Å². The van der Waals surface area contributed by atoms with Crippen molar-refractivity contribution in [3.05, 3.63) is 22.9 Å². The summed E-state index contributed by atoms with van der Waals surface area (Å²) in [5.41, 5.74) is 0.00339. The number of pyridine rings is 1. The van der Waals surface area contributed by atoms with E-state index < -0.39 is 11.5 Å². The molecule has 104 valence electrons. The smallest absolute Gasteiger partial charge is 0.319 e. The number of carboxylic acid groups (broad SMARTS) is 1. The minimum Gasteiger partial charge on any atom is -0.481 e. The van der Waals surface area contributed by atoms with Crippen molar-refractivity contribution in [1.82, 2.24) is 10.3 Å². The zero-order valence-corrected chi connectivity index (χ0v) is 12.3. The van der Waals surface area contributed by atoms with Crippen molar-refractivity contribution in [3.8, 4) is 0 Å². The Labute approximate surface area is 119 Å². The maximum absolute atomic E-state index is 11.8. The summed E-state index contributed by atoms with van der Waals surface area (Å²) >= 11 is 3.27. The van der Waals surface area contributed by atoms with E-state index in [0.29, 0.717) is 16.6 Å². The molecule has 1 heterocycles. The van der Waals surface area contributed by atoms with Crippen molar-refractivity contribution in [3.63, 3.8) is 0 Å². The quantitative estimate of drug-likeness (QED) is 0.774. The molecule has 3 N–H and O–H groups in total. The molecule has 0 atom stereocenters. The van der Waals surface area contributed by atoms with Crippen LogP contribution in [-0.4, -0.2) is 27.6 Å². The Hall–Kier alpha value is -1.63. The van der Waals surface area contributed by atoms with E-state index in [2.05, 4.69) is 31.5 Å². The van der Waals surface area contributed by atoms with Gasteiger partial charge in [-0.2, -0.15) is 0 Å². The molecule has 6 nitrogen and oxygen atoms in total. The minimum atomic E-state index is -0.882. The highest BCUT2D eigenvalue weighted by Crippen LogP contribution is 2.20. The number of halogens is 1. The van der Waals surface area contributed by atoms with E-state index in [1.165, 1.54) is 0 Å². The highest BCUT2D eigenvalue weighted by Gasteiger charge is 2.21. The summed E-state index contributed by atoms with van der Waals surface area (Å²) in [6, 6.07) is 1.27. The van der Waals surface area contributed by atoms with Gasteiger partial charge in [0, 0.05) is 24.4 Å². The van der Waals surface area contributed by atoms with Gasteiger partial charge in [-0.05, 0) is 42.3 Å². The summed E-state index contributed by atoms with van der Waals surface area (Å²) in [6.45, 7) is 3.55. The summed E-state index contributed by atoms with van der Waals surface area (Å²) in [7, 11) is 0. The molecule has 19 heavy (non-hydrogen) atoms. The van der Waals surface area contributed by atoms with Crippen molar-refractivity contribution in [1.29, 1.82) is 0 Å². The second kappa shape index (κ2) is 6.51. The molecule has 0 fully saturated rings. The maximum atomic E-state index is 11.8. The van der Waals surface area contributed by atoms with Crippen LogP contribution in [0.3, 0.4) is 0 Å². The minimum absolute atomic E-state index is 0.00618. The average Bonchev–Trinajstić information content (AvgIpc) is 2.29. The first-order valence-electron chi connectivity index (χ1n) is 5.71. The van der Waals surface area contributed by atoms with Gasteiger partial charge in [0.25, 0.3) is 0 Å². The Balaban J connectivity index is 2.55. The van der Waals surface area contributed by atoms with Crippen LogP contribution in [0.5, 0.6) is 0 Å². The number of amides is 2. The van der Waals surface area contributed by atoms with Crippen molar-refractivity contribution in [2.45, 2.75) is 32.2 Å². The van der Waals surface area contributed by atoms with E-state index in [4.69, 9.17) is 5.11 Å². The molecule has 0 unspecified atom stereocenters. The molecule has 0 saturated carbocycles. The van der Waals surface area contributed by atoms with E-state index in [1.807, 2.05) is 0 Å². The number of nitrogens with one attached hydrogen (secondary N) is 2. The molecule has 2 amide bonds. The standard InChI is InChI=1S/C12H16BrN3O3/c1-12(2,5-3-10(17)18)16-11(19)15-9-4-6-14-7-8(9)13/h4,6-7H,3,5H2,1-2H3,(H,17,18)(H2,14,15,16,19). The second-order valence-electron chi connectivity index (χ2n) is 4.71. The molecule has 0 aromatic carbocycles. The summed E-state index contributed by atoms with van der Waals surface area (Å²) in [4.78, 5) is 26.2. The lowest BCUT2D eigenvalue weighted by Crippen LogP contribution is -2.45. The number of rotatable bonds is 5. The van der Waals surface area contributed by atoms with Crippen LogP contribution in [-0.2, 0) is 4.79 Å². The molecule has 0 spiro atoms. The number of carboxylic acids is 1. The van der Waals surface area contributed by atoms with Gasteiger partial charge in [-0.3, -0.25) is 9.78 Å². The van der Waals surface area contributed by atoms with E-state index in [0.717, 1.165) is 0 Å². The normalized spacial score (nSPS) is 10.9. The van der Waals surface area contributed by atoms with Crippen LogP contribution < -0.4 is 10.6 Å². The zero-order chi connectivity index (χ0) is 14.5. The largest absolute Gasteiger partial charge is 0.481 e. The zero-order valence-electron chi connectivity index (χ0n) is 10.7. The maximum Gasteiger partial charge on any atom is 0.319 e. The van der Waals surface area contributed by atoms with Crippen LogP contribution in [0.15, 0.2) is 22.9 Å². The lowest BCUT2D eigenvalue weighted by molar-refractivity contribution is -0.137. The number of aromatic nitrogens is 1. The number of aliphatic carboxylic acids is 1. The fraction of sp³-hybridized carbons (Fsp3) is 0.417. The number of anilines is 1. The molecule has 0 bridgehead atoms. The Morgan fingerprint density at radius 1 is 1.47 bits per heavy atom. The number of nitrogens with zero attached hydrogens (tertiary/aromatic N) is 1. The van der Waals surface area contributed by atoms with Gasteiger partial charge < -0.3 is 15.7 Å². The van der Waals surface area contributed by atoms with Gasteiger partial charge in [-0.25, -0.2) is 4.79 Å². The fourth-order valence-corrected chi connectivity index (χ4v) is 1.77. The molecule has 1 aromatic rings. The molecule has 0 radical (unpaired) electrons. The van der Waals surface area contributed by atoms with Crippen molar-refractivity contribution < 1.29 is 14.7 Å². The van der Waals surface area contributed by atoms with Gasteiger partial charge in [-0.15, -0.1) is 0 Å². The summed E-state index contributed by atoms with van der Waals surface area (Å²) < 4.78 is 0.675. The molecule has 1 rings (SSSR count). The van der Waals surface area contributed by atoms with Crippen molar-refractivity contribution in [2.75, 3.05) is 5.32 Å². The van der Waals surface area contributed by atoms with Gasteiger partial charge >= 0.3 is 12.0 Å². The molecule has 0 aliphatic carbocycles. The molecule has 7 heteroatoms. The monoisotopic (exact) mass is 329 g/mol. The van der Waals surface area contributed by atoms with E-state index in [-0.39, 0.29) is 12.5 Å². The Kier molecular flexibility index (Phi) is 5.29. The summed E-state index contributed by atoms with van der Waals surface area (Å²) in [5.74, 6) is -0.882. The summed E-state index contributed by atoms with van der Waals surface area (Å²) in [5, 5.41) is 14.0. The number of hydrogen-bond donors (Lipinski definition) is 3. The first kappa shape index (κ1) is 15.4. The molecule has 0 aliphatic rings. The van der Waals surface area contributed by atoms with E-state index in [1.54, 1.807) is 32.3 Å². The third-order valence-electron chi connectivity index (χ3n) is 2.44. The van der Waals surface area contributed by atoms with Gasteiger partial charge in [0.2, 0.25) is 0 Å². The van der Waals surface area contributed by atoms with Gasteiger partial charge in [-0.1, -0.05) is 0 Å². The predicted octanol–water partition coefficient (Wildman–Crippen LogP) is 2.61. The van der Waals surface area contributed by atoms with E-state index >= 15 is 0 Å². The van der Waals surface area contributed by atoms with Crippen molar-refractivity contribution in [2.24, 2.45) is 0 Å². The van der Waals surface area contributed by atoms with Gasteiger partial charge in [0.15, 0.2) is 0 Å². The van der Waals surface area contributed by atoms with Crippen LogP contribution in [0.2, 0.25) is 0 Å². The molecular weight excluding hydrogens is 314 g/mol. The van der Waals surface area contributed by atoms with Crippen LogP contribution in [0.25, 0.3) is 0 Å².